The fourth-order valence-corrected chi connectivity index (χ4v) is 7.75. The molecule has 3 saturated heterocycles. The summed E-state index contributed by atoms with van der Waals surface area (Å²) in [6, 6.07) is 18.5. The van der Waals surface area contributed by atoms with Gasteiger partial charge in [-0.25, -0.2) is 9.37 Å². The molecule has 5 aliphatic heterocycles. The Bertz CT molecular complexity index is 1630. The van der Waals surface area contributed by atoms with E-state index >= 15 is 4.39 Å². The number of nitrogens with zero attached hydrogens (tertiary/aromatic N) is 7. The molecule has 10 heteroatoms. The van der Waals surface area contributed by atoms with Crippen LogP contribution in [0.1, 0.15) is 55.7 Å². The molecule has 3 fully saturated rings. The molecular formula is C34H40FN9. The Kier molecular flexibility index (Phi) is 7.18. The third-order valence-electron chi connectivity index (χ3n) is 10.1. The van der Waals surface area contributed by atoms with Crippen LogP contribution in [-0.4, -0.2) is 74.9 Å². The molecule has 2 bridgehead atoms. The first kappa shape index (κ1) is 27.5. The quantitative estimate of drug-likeness (QED) is 0.301. The van der Waals surface area contributed by atoms with Crippen LogP contribution >= 0.6 is 0 Å². The smallest absolute Gasteiger partial charge is 0.248 e. The van der Waals surface area contributed by atoms with Crippen LogP contribution in [0.15, 0.2) is 54.6 Å². The van der Waals surface area contributed by atoms with Crippen molar-refractivity contribution < 1.29 is 4.39 Å². The lowest BCUT2D eigenvalue weighted by molar-refractivity contribution is 0.207. The van der Waals surface area contributed by atoms with Crippen molar-refractivity contribution in [2.45, 2.75) is 57.0 Å². The van der Waals surface area contributed by atoms with Gasteiger partial charge in [0.2, 0.25) is 11.9 Å². The Morgan fingerprint density at radius 1 is 0.841 bits per heavy atom. The van der Waals surface area contributed by atoms with Crippen molar-refractivity contribution in [2.75, 3.05) is 55.2 Å². The lowest BCUT2D eigenvalue weighted by Crippen LogP contribution is -2.44. The van der Waals surface area contributed by atoms with Crippen LogP contribution in [0.4, 0.5) is 27.7 Å². The summed E-state index contributed by atoms with van der Waals surface area (Å²) in [5, 5.41) is 7.86. The van der Waals surface area contributed by atoms with Gasteiger partial charge in [-0.2, -0.15) is 9.67 Å². The number of nitrogen functional groups attached to an aromatic ring is 1. The van der Waals surface area contributed by atoms with Gasteiger partial charge in [-0.3, -0.25) is 4.90 Å². The van der Waals surface area contributed by atoms with Gasteiger partial charge in [-0.05, 0) is 106 Å². The summed E-state index contributed by atoms with van der Waals surface area (Å²) in [4.78, 5) is 17.0. The number of pyridine rings is 1. The number of hydrogen-bond donors (Lipinski definition) is 2. The van der Waals surface area contributed by atoms with Crippen LogP contribution in [0.25, 0.3) is 16.9 Å². The molecule has 44 heavy (non-hydrogen) atoms. The molecule has 0 amide bonds. The van der Waals surface area contributed by atoms with Gasteiger partial charge in [0.25, 0.3) is 0 Å². The number of hydrogen-bond acceptors (Lipinski definition) is 8. The molecule has 0 unspecified atom stereocenters. The predicted octanol–water partition coefficient (Wildman–Crippen LogP) is 5.55. The van der Waals surface area contributed by atoms with E-state index < -0.39 is 0 Å². The maximum Gasteiger partial charge on any atom is 0.248 e. The van der Waals surface area contributed by atoms with Crippen LogP contribution in [0, 0.1) is 5.82 Å². The maximum absolute atomic E-state index is 15.4. The molecule has 9 rings (SSSR count). The lowest BCUT2D eigenvalue weighted by Gasteiger charge is -2.37. The first-order valence-electron chi connectivity index (χ1n) is 16.2. The molecule has 0 aliphatic carbocycles. The first-order valence-corrected chi connectivity index (χ1v) is 16.2. The largest absolute Gasteiger partial charge is 0.369 e. The van der Waals surface area contributed by atoms with Crippen molar-refractivity contribution in [3.63, 3.8) is 0 Å². The summed E-state index contributed by atoms with van der Waals surface area (Å²) >= 11 is 0. The van der Waals surface area contributed by atoms with E-state index in [2.05, 4.69) is 55.3 Å². The Morgan fingerprint density at radius 3 is 2.36 bits per heavy atom. The molecule has 0 atom stereocenters. The zero-order chi connectivity index (χ0) is 29.6. The molecule has 0 spiro atoms. The molecule has 228 valence electrons. The fraction of sp³-hybridized carbons (Fsp3) is 0.441. The zero-order valence-electron chi connectivity index (χ0n) is 25.1. The van der Waals surface area contributed by atoms with Crippen molar-refractivity contribution in [2.24, 2.45) is 0 Å². The summed E-state index contributed by atoms with van der Waals surface area (Å²) in [5.74, 6) is 1.37. The van der Waals surface area contributed by atoms with E-state index in [0.717, 1.165) is 75.2 Å². The molecule has 9 nitrogen and oxygen atoms in total. The van der Waals surface area contributed by atoms with E-state index in [9.17, 15) is 0 Å². The van der Waals surface area contributed by atoms with Gasteiger partial charge >= 0.3 is 0 Å². The normalized spacial score (nSPS) is 22.2. The van der Waals surface area contributed by atoms with Crippen LogP contribution in [0.2, 0.25) is 0 Å². The Balaban J connectivity index is 1.04. The second-order valence-corrected chi connectivity index (χ2v) is 12.8. The van der Waals surface area contributed by atoms with E-state index in [4.69, 9.17) is 15.8 Å². The van der Waals surface area contributed by atoms with Gasteiger partial charge in [-0.15, -0.1) is 5.10 Å². The highest BCUT2D eigenvalue weighted by molar-refractivity contribution is 5.71. The number of fused-ring (bicyclic) bond motifs is 2. The number of likely N-dealkylation sites (tertiary alicyclic amines) is 1. The number of anilines is 4. The summed E-state index contributed by atoms with van der Waals surface area (Å²) in [6.45, 7) is 7.27. The first-order chi connectivity index (χ1) is 21.6. The Labute approximate surface area is 257 Å². The molecule has 4 aromatic rings. The fourth-order valence-electron chi connectivity index (χ4n) is 7.75. The molecule has 2 aromatic heterocycles. The second-order valence-electron chi connectivity index (χ2n) is 12.8. The van der Waals surface area contributed by atoms with Gasteiger partial charge in [0.05, 0.1) is 11.4 Å². The van der Waals surface area contributed by atoms with Crippen LogP contribution in [-0.2, 0) is 6.54 Å². The number of nitrogens with one attached hydrogen (secondary N) is 1. The number of aromatic nitrogens is 4. The molecule has 7 heterocycles. The van der Waals surface area contributed by atoms with Crippen molar-refractivity contribution >= 4 is 23.3 Å². The minimum absolute atomic E-state index is 0.235. The van der Waals surface area contributed by atoms with Gasteiger partial charge in [0.15, 0.2) is 5.82 Å². The lowest BCUT2D eigenvalue weighted by atomic mass is 9.90. The zero-order valence-corrected chi connectivity index (χ0v) is 25.1. The van der Waals surface area contributed by atoms with Crippen molar-refractivity contribution in [3.8, 4) is 16.9 Å². The van der Waals surface area contributed by atoms with Gasteiger partial charge in [-0.1, -0.05) is 30.3 Å². The van der Waals surface area contributed by atoms with E-state index in [0.29, 0.717) is 35.1 Å². The maximum atomic E-state index is 15.4. The topological polar surface area (TPSA) is 91.4 Å². The van der Waals surface area contributed by atoms with E-state index in [-0.39, 0.29) is 11.8 Å². The molecule has 0 saturated carbocycles. The van der Waals surface area contributed by atoms with Crippen LogP contribution < -0.4 is 16.0 Å². The summed E-state index contributed by atoms with van der Waals surface area (Å²) in [7, 11) is 0. The average molecular weight is 594 g/mol. The van der Waals surface area contributed by atoms with Crippen molar-refractivity contribution in [1.29, 1.82) is 0 Å². The van der Waals surface area contributed by atoms with E-state index in [1.807, 2.05) is 18.2 Å². The van der Waals surface area contributed by atoms with E-state index in [1.165, 1.54) is 37.6 Å². The SMILES string of the molecule is Nc1nc(Nc2ccc(N3CCC(N4CCCC4)CC3)c(F)c2)nn1-c1cc(-c2ccccc2)c2c(n1)C1CCN(CC1)C2. The highest BCUT2D eigenvalue weighted by atomic mass is 19.1. The number of halogens is 1. The third-order valence-corrected chi connectivity index (χ3v) is 10.1. The summed E-state index contributed by atoms with van der Waals surface area (Å²) in [6.07, 6.45) is 6.99. The second kappa shape index (κ2) is 11.5. The van der Waals surface area contributed by atoms with Crippen molar-refractivity contribution in [3.05, 3.63) is 71.7 Å². The predicted molar refractivity (Wildman–Crippen MR) is 172 cm³/mol. The highest BCUT2D eigenvalue weighted by Gasteiger charge is 2.32. The molecule has 0 radical (unpaired) electrons. The standard InChI is InChI=1S/C34H40FN9/c35-29-20-25(8-9-30(29)43-18-12-26(13-19-43)42-14-4-5-15-42)37-34-39-33(36)44(40-34)31-21-27(23-6-2-1-3-7-23)28-22-41-16-10-24(11-17-41)32(28)38-31/h1-3,6-9,20-21,24,26H,4-5,10-19,22H2,(H3,36,37,39,40). The van der Waals surface area contributed by atoms with Crippen LogP contribution in [0.5, 0.6) is 0 Å². The highest BCUT2D eigenvalue weighted by Crippen LogP contribution is 2.40. The minimum atomic E-state index is -0.243. The van der Waals surface area contributed by atoms with Gasteiger partial charge < -0.3 is 20.9 Å². The Morgan fingerprint density at radius 2 is 1.61 bits per heavy atom. The third kappa shape index (κ3) is 5.20. The number of nitrogens with two attached hydrogens (primary N) is 1. The molecule has 3 N–H and O–H groups in total. The van der Waals surface area contributed by atoms with Gasteiger partial charge in [0.1, 0.15) is 5.82 Å². The number of piperidine rings is 2. The van der Waals surface area contributed by atoms with Gasteiger partial charge in [0, 0.05) is 37.3 Å². The van der Waals surface area contributed by atoms with E-state index in [1.54, 1.807) is 4.68 Å². The summed E-state index contributed by atoms with van der Waals surface area (Å²) in [5.41, 5.74) is 12.4. The van der Waals surface area contributed by atoms with Crippen LogP contribution in [0.3, 0.4) is 0 Å². The molecule has 5 aliphatic rings. The summed E-state index contributed by atoms with van der Waals surface area (Å²) < 4.78 is 17.0. The Hall–Kier alpha value is -4.02. The number of benzene rings is 2. The monoisotopic (exact) mass is 593 g/mol. The molecule has 2 aromatic carbocycles. The molecular weight excluding hydrogens is 553 g/mol. The number of rotatable bonds is 6. The average Bonchev–Trinajstić information content (AvgIpc) is 3.64. The minimum Gasteiger partial charge on any atom is -0.369 e. The van der Waals surface area contributed by atoms with Crippen molar-refractivity contribution in [1.82, 2.24) is 29.5 Å².